The van der Waals surface area contributed by atoms with Gasteiger partial charge in [0.05, 0.1) is 0 Å². The minimum Gasteiger partial charge on any atom is -0.300 e. The Hall–Kier alpha value is -0.410. The quantitative estimate of drug-likeness (QED) is 0.724. The van der Waals surface area contributed by atoms with Gasteiger partial charge in [0.25, 0.3) is 0 Å². The lowest BCUT2D eigenvalue weighted by molar-refractivity contribution is -0.129. The van der Waals surface area contributed by atoms with Crippen LogP contribution in [-0.4, -0.2) is 52.8 Å². The highest BCUT2D eigenvalue weighted by atomic mass is 16.1. The highest BCUT2D eigenvalue weighted by Crippen LogP contribution is 2.40. The fourth-order valence-electron chi connectivity index (χ4n) is 5.32. The first-order chi connectivity index (χ1) is 9.33. The molecule has 4 aliphatic heterocycles. The zero-order valence-corrected chi connectivity index (χ0v) is 11.9. The molecule has 0 aromatic carbocycles. The number of hydrogen-bond donors (Lipinski definition) is 0. The molecule has 0 aromatic heterocycles. The van der Waals surface area contributed by atoms with Gasteiger partial charge in [-0.25, -0.2) is 0 Å². The number of piperidine rings is 3. The summed E-state index contributed by atoms with van der Waals surface area (Å²) in [5.41, 5.74) is 0. The number of nitrogens with zero attached hydrogens (tertiary/aromatic N) is 2. The summed E-state index contributed by atoms with van der Waals surface area (Å²) in [6.45, 7) is 2.63. The number of fused-ring (bicyclic) bond motifs is 3. The van der Waals surface area contributed by atoms with Crippen molar-refractivity contribution in [2.75, 3.05) is 13.1 Å². The minimum absolute atomic E-state index is 0.532. The number of rotatable bonds is 1. The monoisotopic (exact) mass is 262 g/mol. The Balaban J connectivity index is 1.56. The summed E-state index contributed by atoms with van der Waals surface area (Å²) in [5.74, 6) is 0.532. The maximum absolute atomic E-state index is 11.9. The molecule has 0 amide bonds. The first-order valence-electron chi connectivity index (χ1n) is 8.36. The summed E-state index contributed by atoms with van der Waals surface area (Å²) in [7, 11) is 0. The van der Waals surface area contributed by atoms with Crippen LogP contribution in [0.25, 0.3) is 0 Å². The molecule has 4 aliphatic rings. The SMILES string of the molecule is O=C1CC2CCCC(C1)N2C1CCN2CCCCC12. The lowest BCUT2D eigenvalue weighted by Crippen LogP contribution is -2.59. The molecule has 4 rings (SSSR count). The Morgan fingerprint density at radius 1 is 0.789 bits per heavy atom. The molecule has 0 spiro atoms. The summed E-state index contributed by atoms with van der Waals surface area (Å²) in [6, 6.07) is 2.76. The fourth-order valence-corrected chi connectivity index (χ4v) is 5.32. The van der Waals surface area contributed by atoms with Crippen LogP contribution < -0.4 is 0 Å². The Morgan fingerprint density at radius 3 is 2.37 bits per heavy atom. The molecule has 106 valence electrons. The van der Waals surface area contributed by atoms with E-state index in [0.717, 1.165) is 24.9 Å². The van der Waals surface area contributed by atoms with E-state index in [-0.39, 0.29) is 0 Å². The van der Waals surface area contributed by atoms with Crippen molar-refractivity contribution in [1.82, 2.24) is 9.80 Å². The summed E-state index contributed by atoms with van der Waals surface area (Å²) in [4.78, 5) is 17.4. The van der Waals surface area contributed by atoms with Gasteiger partial charge in [0.15, 0.2) is 0 Å². The van der Waals surface area contributed by atoms with Gasteiger partial charge in [-0.15, -0.1) is 0 Å². The molecule has 3 heteroatoms. The molecule has 0 aliphatic carbocycles. The van der Waals surface area contributed by atoms with Crippen LogP contribution in [-0.2, 0) is 4.79 Å². The molecule has 0 saturated carbocycles. The van der Waals surface area contributed by atoms with Gasteiger partial charge in [0, 0.05) is 43.6 Å². The number of ketones is 1. The highest BCUT2D eigenvalue weighted by Gasteiger charge is 2.47. The summed E-state index contributed by atoms with van der Waals surface area (Å²) in [5, 5.41) is 0. The van der Waals surface area contributed by atoms with Crippen LogP contribution in [0.5, 0.6) is 0 Å². The predicted molar refractivity (Wildman–Crippen MR) is 75.1 cm³/mol. The van der Waals surface area contributed by atoms with E-state index < -0.39 is 0 Å². The molecule has 19 heavy (non-hydrogen) atoms. The van der Waals surface area contributed by atoms with Crippen molar-refractivity contribution in [2.24, 2.45) is 0 Å². The third-order valence-corrected chi connectivity index (χ3v) is 6.05. The standard InChI is InChI=1S/C16H26N2O/c19-14-10-12-4-3-5-13(11-14)18(12)16-7-9-17-8-2-1-6-15(16)17/h12-13,15-16H,1-11H2. The molecular formula is C16H26N2O. The average molecular weight is 262 g/mol. The molecule has 2 bridgehead atoms. The Labute approximate surface area is 116 Å². The summed E-state index contributed by atoms with van der Waals surface area (Å²) >= 11 is 0. The average Bonchev–Trinajstić information content (AvgIpc) is 2.81. The second-order valence-corrected chi connectivity index (χ2v) is 7.09. The molecule has 3 nitrogen and oxygen atoms in total. The van der Waals surface area contributed by atoms with Gasteiger partial charge in [0.1, 0.15) is 5.78 Å². The number of Topliss-reactive ketones (excluding diaryl/α,β-unsaturated/α-hetero) is 1. The largest absolute Gasteiger partial charge is 0.300 e. The zero-order valence-electron chi connectivity index (χ0n) is 11.9. The molecule has 4 atom stereocenters. The van der Waals surface area contributed by atoms with Gasteiger partial charge in [-0.2, -0.15) is 0 Å². The number of carbonyl (C=O) groups excluding carboxylic acids is 1. The molecular weight excluding hydrogens is 236 g/mol. The van der Waals surface area contributed by atoms with E-state index in [1.165, 1.54) is 58.0 Å². The lowest BCUT2D eigenvalue weighted by Gasteiger charge is -2.51. The second-order valence-electron chi connectivity index (χ2n) is 7.09. The van der Waals surface area contributed by atoms with Gasteiger partial charge >= 0.3 is 0 Å². The van der Waals surface area contributed by atoms with Crippen LogP contribution in [0.1, 0.15) is 57.8 Å². The summed E-state index contributed by atoms with van der Waals surface area (Å²) in [6.07, 6.45) is 11.1. The van der Waals surface area contributed by atoms with Crippen molar-refractivity contribution in [3.63, 3.8) is 0 Å². The first kappa shape index (κ1) is 12.3. The van der Waals surface area contributed by atoms with E-state index in [2.05, 4.69) is 9.80 Å². The predicted octanol–water partition coefficient (Wildman–Crippen LogP) is 2.20. The van der Waals surface area contributed by atoms with Gasteiger partial charge in [0.2, 0.25) is 0 Å². The lowest BCUT2D eigenvalue weighted by atomic mass is 9.81. The highest BCUT2D eigenvalue weighted by molar-refractivity contribution is 5.80. The van der Waals surface area contributed by atoms with E-state index in [1.54, 1.807) is 0 Å². The maximum atomic E-state index is 11.9. The van der Waals surface area contributed by atoms with E-state index in [4.69, 9.17) is 0 Å². The Kier molecular flexibility index (Phi) is 3.15. The van der Waals surface area contributed by atoms with Gasteiger partial charge in [-0.05, 0) is 38.6 Å². The molecule has 0 N–H and O–H groups in total. The first-order valence-corrected chi connectivity index (χ1v) is 8.36. The van der Waals surface area contributed by atoms with Crippen molar-refractivity contribution in [3.05, 3.63) is 0 Å². The van der Waals surface area contributed by atoms with Gasteiger partial charge in [-0.1, -0.05) is 12.8 Å². The Bertz CT molecular complexity index is 354. The molecule has 4 unspecified atom stereocenters. The van der Waals surface area contributed by atoms with Gasteiger partial charge in [-0.3, -0.25) is 14.6 Å². The molecule has 0 radical (unpaired) electrons. The zero-order chi connectivity index (χ0) is 12.8. The summed E-state index contributed by atoms with van der Waals surface area (Å²) < 4.78 is 0. The van der Waals surface area contributed by atoms with Crippen molar-refractivity contribution in [2.45, 2.75) is 82.0 Å². The smallest absolute Gasteiger partial charge is 0.136 e. The van der Waals surface area contributed by atoms with Crippen molar-refractivity contribution in [1.29, 1.82) is 0 Å². The van der Waals surface area contributed by atoms with Crippen molar-refractivity contribution >= 4 is 5.78 Å². The third kappa shape index (κ3) is 2.06. The number of hydrogen-bond acceptors (Lipinski definition) is 3. The van der Waals surface area contributed by atoms with Crippen LogP contribution in [0.3, 0.4) is 0 Å². The minimum atomic E-state index is 0.532. The third-order valence-electron chi connectivity index (χ3n) is 6.05. The van der Waals surface area contributed by atoms with Crippen LogP contribution in [0.2, 0.25) is 0 Å². The van der Waals surface area contributed by atoms with Crippen LogP contribution >= 0.6 is 0 Å². The molecule has 4 saturated heterocycles. The van der Waals surface area contributed by atoms with Crippen LogP contribution in [0, 0.1) is 0 Å². The molecule has 4 fully saturated rings. The second kappa shape index (κ2) is 4.85. The van der Waals surface area contributed by atoms with E-state index in [9.17, 15) is 4.79 Å². The Morgan fingerprint density at radius 2 is 1.58 bits per heavy atom. The van der Waals surface area contributed by atoms with Gasteiger partial charge < -0.3 is 0 Å². The van der Waals surface area contributed by atoms with E-state index in [0.29, 0.717) is 17.9 Å². The normalized spacial score (nSPS) is 44.3. The fraction of sp³-hybridized carbons (Fsp3) is 0.938. The van der Waals surface area contributed by atoms with Crippen LogP contribution in [0.4, 0.5) is 0 Å². The van der Waals surface area contributed by atoms with Crippen LogP contribution in [0.15, 0.2) is 0 Å². The maximum Gasteiger partial charge on any atom is 0.136 e. The topological polar surface area (TPSA) is 23.6 Å². The van der Waals surface area contributed by atoms with Crippen molar-refractivity contribution in [3.8, 4) is 0 Å². The molecule has 0 aromatic rings. The number of carbonyl (C=O) groups is 1. The van der Waals surface area contributed by atoms with Crippen molar-refractivity contribution < 1.29 is 4.79 Å². The van der Waals surface area contributed by atoms with E-state index >= 15 is 0 Å². The van der Waals surface area contributed by atoms with E-state index in [1.807, 2.05) is 0 Å². The molecule has 4 heterocycles.